The molecule has 0 amide bonds. The number of allylic oxidation sites excluding steroid dienone is 4. The summed E-state index contributed by atoms with van der Waals surface area (Å²) in [5.74, 6) is 0. The minimum atomic E-state index is 0. The molecule has 0 aromatic heterocycles. The molecule has 0 heterocycles. The van der Waals surface area contributed by atoms with Gasteiger partial charge in [0, 0.05) is 0 Å². The zero-order valence-electron chi connectivity index (χ0n) is 18.3. The zero-order chi connectivity index (χ0) is 18.9. The van der Waals surface area contributed by atoms with Gasteiger partial charge in [0.1, 0.15) is 0 Å². The van der Waals surface area contributed by atoms with E-state index in [1.165, 1.54) is 33.4 Å². The average molecular weight is 505 g/mol. The minimum Gasteiger partial charge on any atom is -1.00 e. The Kier molecular flexibility index (Phi) is 10.9. The third kappa shape index (κ3) is 6.68. The topological polar surface area (TPSA) is 0 Å². The van der Waals surface area contributed by atoms with Crippen LogP contribution in [-0.2, 0) is 43.5 Å². The predicted molar refractivity (Wildman–Crippen MR) is 112 cm³/mol. The van der Waals surface area contributed by atoms with E-state index >= 15 is 0 Å². The molecule has 3 heteroatoms. The molecule has 0 bridgehead atoms. The Balaban J connectivity index is 0.000000863. The summed E-state index contributed by atoms with van der Waals surface area (Å²) in [6.45, 7) is 13.8. The molecule has 0 unspecified atom stereocenters. The van der Waals surface area contributed by atoms with Crippen molar-refractivity contribution in [3.63, 3.8) is 0 Å². The predicted octanol–water partition coefficient (Wildman–Crippen LogP) is 0.964. The van der Waals surface area contributed by atoms with Crippen LogP contribution in [0.1, 0.15) is 70.2 Å². The van der Waals surface area contributed by atoms with E-state index in [-0.39, 0.29) is 61.8 Å². The van der Waals surface area contributed by atoms with Crippen molar-refractivity contribution >= 4 is 0 Å². The van der Waals surface area contributed by atoms with Gasteiger partial charge in [-0.15, -0.1) is 23.1 Å². The standard InChI is InChI=1S/C21H25.C5H5.2ClH.Zr/c1-20(2,3)18-12-15-11-14-9-7-8-10-16(14)17(15)13-19(18)21(4,5)6;1-2-4-5-3-1;;;/h7-10,13H,11H2,1-6H3;1-3H,4H2;2*1H;/q2*-1;;;+4/p-2. The molecule has 2 aromatic carbocycles. The average Bonchev–Trinajstić information content (AvgIpc) is 3.23. The van der Waals surface area contributed by atoms with Crippen molar-refractivity contribution in [2.75, 3.05) is 0 Å². The molecular formula is C26H30Cl2Zr. The number of halogens is 2. The molecule has 0 saturated carbocycles. The van der Waals surface area contributed by atoms with Crippen molar-refractivity contribution in [1.29, 1.82) is 0 Å². The van der Waals surface area contributed by atoms with E-state index in [1.54, 1.807) is 0 Å². The van der Waals surface area contributed by atoms with Gasteiger partial charge in [-0.2, -0.15) is 23.8 Å². The van der Waals surface area contributed by atoms with Crippen LogP contribution in [0.5, 0.6) is 0 Å². The summed E-state index contributed by atoms with van der Waals surface area (Å²) < 4.78 is 0. The summed E-state index contributed by atoms with van der Waals surface area (Å²) in [5, 5.41) is 0. The van der Waals surface area contributed by atoms with Crippen LogP contribution in [0.3, 0.4) is 0 Å². The summed E-state index contributed by atoms with van der Waals surface area (Å²) in [5.41, 5.74) is 8.69. The van der Waals surface area contributed by atoms with Crippen LogP contribution in [0, 0.1) is 12.1 Å². The fourth-order valence-electron chi connectivity index (χ4n) is 3.62. The smallest absolute Gasteiger partial charge is 1.00 e. The normalized spacial score (nSPS) is 13.2. The molecule has 0 radical (unpaired) electrons. The van der Waals surface area contributed by atoms with E-state index in [0.717, 1.165) is 12.8 Å². The van der Waals surface area contributed by atoms with Gasteiger partial charge in [0.05, 0.1) is 0 Å². The van der Waals surface area contributed by atoms with Gasteiger partial charge in [-0.25, -0.2) is 12.2 Å². The van der Waals surface area contributed by atoms with E-state index in [2.05, 4.69) is 90.1 Å². The van der Waals surface area contributed by atoms with E-state index < -0.39 is 0 Å². The Hall–Kier alpha value is -0.617. The monoisotopic (exact) mass is 502 g/mol. The first kappa shape index (κ1) is 28.4. The molecule has 2 aliphatic carbocycles. The van der Waals surface area contributed by atoms with Gasteiger partial charge in [0.15, 0.2) is 0 Å². The van der Waals surface area contributed by atoms with Crippen LogP contribution < -0.4 is 24.8 Å². The number of fused-ring (bicyclic) bond motifs is 3. The quantitative estimate of drug-likeness (QED) is 0.401. The van der Waals surface area contributed by atoms with Crippen molar-refractivity contribution in [2.24, 2.45) is 0 Å². The first-order valence-electron chi connectivity index (χ1n) is 9.58. The molecule has 4 rings (SSSR count). The molecular weight excluding hydrogens is 474 g/mol. The molecule has 0 spiro atoms. The van der Waals surface area contributed by atoms with Crippen LogP contribution >= 0.6 is 0 Å². The van der Waals surface area contributed by atoms with Gasteiger partial charge in [0.25, 0.3) is 0 Å². The fourth-order valence-corrected chi connectivity index (χ4v) is 3.62. The molecule has 0 nitrogen and oxygen atoms in total. The zero-order valence-corrected chi connectivity index (χ0v) is 22.3. The molecule has 2 aliphatic rings. The summed E-state index contributed by atoms with van der Waals surface area (Å²) in [6, 6.07) is 15.0. The van der Waals surface area contributed by atoms with Crippen molar-refractivity contribution < 1.29 is 51.0 Å². The summed E-state index contributed by atoms with van der Waals surface area (Å²) in [7, 11) is 0. The van der Waals surface area contributed by atoms with Crippen LogP contribution in [0.15, 0.2) is 48.6 Å². The second kappa shape index (κ2) is 11.1. The first-order chi connectivity index (χ1) is 12.2. The minimum absolute atomic E-state index is 0. The Labute approximate surface area is 209 Å². The van der Waals surface area contributed by atoms with Crippen LogP contribution in [0.4, 0.5) is 0 Å². The second-order valence-corrected chi connectivity index (χ2v) is 9.29. The van der Waals surface area contributed by atoms with E-state index in [0.29, 0.717) is 0 Å². The van der Waals surface area contributed by atoms with Crippen LogP contribution in [-0.4, -0.2) is 0 Å². The van der Waals surface area contributed by atoms with Crippen molar-refractivity contribution in [2.45, 2.75) is 65.2 Å². The maximum Gasteiger partial charge on any atom is 4.00 e. The van der Waals surface area contributed by atoms with Gasteiger partial charge in [-0.05, 0) is 11.8 Å². The molecule has 0 saturated heterocycles. The van der Waals surface area contributed by atoms with E-state index in [9.17, 15) is 0 Å². The van der Waals surface area contributed by atoms with Crippen molar-refractivity contribution in [3.05, 3.63) is 83.0 Å². The SMILES string of the molecule is CC(C)(C)c1[c-]c2c(cc1C(C)(C)C)-c1ccccc1C2.[C-]1=CC=CC1.[Cl-].[Cl-].[Zr+4]. The molecule has 0 N–H and O–H groups in total. The van der Waals surface area contributed by atoms with Crippen LogP contribution in [0.25, 0.3) is 11.1 Å². The summed E-state index contributed by atoms with van der Waals surface area (Å²) in [4.78, 5) is 0. The third-order valence-electron chi connectivity index (χ3n) is 4.98. The number of hydrogen-bond acceptors (Lipinski definition) is 0. The third-order valence-corrected chi connectivity index (χ3v) is 4.98. The van der Waals surface area contributed by atoms with Gasteiger partial charge >= 0.3 is 26.2 Å². The van der Waals surface area contributed by atoms with Gasteiger partial charge in [-0.1, -0.05) is 82.3 Å². The molecule has 29 heavy (non-hydrogen) atoms. The van der Waals surface area contributed by atoms with E-state index in [1.807, 2.05) is 12.2 Å². The number of rotatable bonds is 0. The number of benzene rings is 2. The molecule has 0 aliphatic heterocycles. The molecule has 0 fully saturated rings. The Morgan fingerprint density at radius 3 is 2.00 bits per heavy atom. The molecule has 2 aromatic rings. The fraction of sp³-hybridized carbons (Fsp3) is 0.385. The second-order valence-electron chi connectivity index (χ2n) is 9.29. The Bertz CT molecular complexity index is 855. The van der Waals surface area contributed by atoms with Gasteiger partial charge in [-0.3, -0.25) is 6.08 Å². The van der Waals surface area contributed by atoms with E-state index in [4.69, 9.17) is 0 Å². The maximum atomic E-state index is 3.79. The van der Waals surface area contributed by atoms with Gasteiger partial charge < -0.3 is 24.8 Å². The molecule has 152 valence electrons. The Morgan fingerprint density at radius 2 is 1.52 bits per heavy atom. The van der Waals surface area contributed by atoms with Crippen LogP contribution in [0.2, 0.25) is 0 Å². The van der Waals surface area contributed by atoms with Crippen molar-refractivity contribution in [1.82, 2.24) is 0 Å². The summed E-state index contributed by atoms with van der Waals surface area (Å²) >= 11 is 0. The Morgan fingerprint density at radius 1 is 0.862 bits per heavy atom. The summed E-state index contributed by atoms with van der Waals surface area (Å²) in [6.07, 6.45) is 11.0. The first-order valence-corrected chi connectivity index (χ1v) is 9.58. The van der Waals surface area contributed by atoms with Crippen molar-refractivity contribution in [3.8, 4) is 11.1 Å². The molecule has 0 atom stereocenters. The largest absolute Gasteiger partial charge is 4.00 e. The number of hydrogen-bond donors (Lipinski definition) is 0. The van der Waals surface area contributed by atoms with Gasteiger partial charge in [0.2, 0.25) is 0 Å². The maximum absolute atomic E-state index is 3.79.